The zero-order chi connectivity index (χ0) is 19.9. The van der Waals surface area contributed by atoms with Crippen molar-refractivity contribution in [3.63, 3.8) is 0 Å². The second kappa shape index (κ2) is 7.89. The van der Waals surface area contributed by atoms with Gasteiger partial charge in [-0.25, -0.2) is 8.42 Å². The minimum atomic E-state index is -3.52. The number of piperidine rings is 1. The smallest absolute Gasteiger partial charge is 0.243 e. The van der Waals surface area contributed by atoms with E-state index in [0.717, 1.165) is 21.1 Å². The summed E-state index contributed by atoms with van der Waals surface area (Å²) >= 11 is 6.80. The third-order valence-electron chi connectivity index (χ3n) is 5.46. The average Bonchev–Trinajstić information content (AvgIpc) is 3.11. The fourth-order valence-electron chi connectivity index (χ4n) is 3.92. The van der Waals surface area contributed by atoms with Crippen LogP contribution < -0.4 is 4.90 Å². The molecule has 0 aliphatic carbocycles. The van der Waals surface area contributed by atoms with E-state index in [1.165, 1.54) is 9.87 Å². The van der Waals surface area contributed by atoms with E-state index in [1.54, 1.807) is 24.3 Å². The van der Waals surface area contributed by atoms with Crippen LogP contribution in [-0.2, 0) is 21.2 Å². The van der Waals surface area contributed by atoms with Crippen LogP contribution in [0.4, 0.5) is 5.69 Å². The normalized spacial score (nSPS) is 18.3. The Labute approximate surface area is 182 Å². The molecule has 0 spiro atoms. The summed E-state index contributed by atoms with van der Waals surface area (Å²) < 4.78 is 29.0. The van der Waals surface area contributed by atoms with E-state index in [0.29, 0.717) is 37.4 Å². The van der Waals surface area contributed by atoms with Crippen LogP contribution in [0.2, 0.25) is 0 Å². The van der Waals surface area contributed by atoms with Crippen molar-refractivity contribution in [2.75, 3.05) is 24.5 Å². The van der Waals surface area contributed by atoms with E-state index < -0.39 is 10.0 Å². The average molecular weight is 528 g/mol. The molecule has 0 N–H and O–H groups in total. The van der Waals surface area contributed by atoms with Gasteiger partial charge in [-0.15, -0.1) is 0 Å². The number of fused-ring (bicyclic) bond motifs is 1. The minimum absolute atomic E-state index is 0.113. The quantitative estimate of drug-likeness (QED) is 0.601. The highest BCUT2D eigenvalue weighted by Crippen LogP contribution is 2.33. The molecule has 0 unspecified atom stereocenters. The van der Waals surface area contributed by atoms with E-state index in [4.69, 9.17) is 0 Å². The second-order valence-corrected chi connectivity index (χ2v) is 10.9. The maximum atomic E-state index is 13.1. The number of sulfonamides is 1. The molecule has 1 saturated heterocycles. The van der Waals surface area contributed by atoms with Crippen LogP contribution in [0.5, 0.6) is 0 Å². The van der Waals surface area contributed by atoms with Crippen LogP contribution in [0.1, 0.15) is 18.4 Å². The largest absolute Gasteiger partial charge is 0.312 e. The van der Waals surface area contributed by atoms with Crippen molar-refractivity contribution in [2.45, 2.75) is 24.2 Å². The van der Waals surface area contributed by atoms with Gasteiger partial charge in [0.1, 0.15) is 0 Å². The Balaban J connectivity index is 1.43. The zero-order valence-electron chi connectivity index (χ0n) is 15.1. The molecule has 1 fully saturated rings. The van der Waals surface area contributed by atoms with Crippen molar-refractivity contribution in [3.05, 3.63) is 57.0 Å². The van der Waals surface area contributed by atoms with Crippen molar-refractivity contribution in [1.82, 2.24) is 4.31 Å². The first-order chi connectivity index (χ1) is 13.4. The van der Waals surface area contributed by atoms with E-state index in [-0.39, 0.29) is 11.8 Å². The first-order valence-electron chi connectivity index (χ1n) is 9.22. The monoisotopic (exact) mass is 526 g/mol. The lowest BCUT2D eigenvalue weighted by atomic mass is 9.96. The zero-order valence-corrected chi connectivity index (χ0v) is 19.1. The van der Waals surface area contributed by atoms with Crippen LogP contribution in [0.25, 0.3) is 0 Å². The molecule has 2 aliphatic heterocycles. The molecule has 148 valence electrons. The maximum absolute atomic E-state index is 13.1. The Morgan fingerprint density at radius 1 is 0.929 bits per heavy atom. The van der Waals surface area contributed by atoms with Crippen LogP contribution in [-0.4, -0.2) is 38.3 Å². The first-order valence-corrected chi connectivity index (χ1v) is 12.2. The summed E-state index contributed by atoms with van der Waals surface area (Å²) in [6.07, 6.45) is 1.96. The standard InChI is InChI=1S/C20H20Br2N2O3S/c21-16-1-4-18(5-2-16)28(26,27)23-10-7-14(8-11-23)20(25)24-12-9-15-13-17(22)3-6-19(15)24/h1-6,13-14H,7-12H2. The van der Waals surface area contributed by atoms with Crippen molar-refractivity contribution in [3.8, 4) is 0 Å². The van der Waals surface area contributed by atoms with Gasteiger partial charge >= 0.3 is 0 Å². The van der Waals surface area contributed by atoms with E-state index in [9.17, 15) is 13.2 Å². The summed E-state index contributed by atoms with van der Waals surface area (Å²) in [7, 11) is -3.52. The number of hydrogen-bond donors (Lipinski definition) is 0. The Kier molecular flexibility index (Phi) is 5.66. The predicted molar refractivity (Wildman–Crippen MR) is 116 cm³/mol. The number of amides is 1. The number of carbonyl (C=O) groups is 1. The third-order valence-corrected chi connectivity index (χ3v) is 8.39. The van der Waals surface area contributed by atoms with Gasteiger partial charge in [-0.05, 0) is 67.3 Å². The fraction of sp³-hybridized carbons (Fsp3) is 0.350. The number of anilines is 1. The molecule has 1 amide bonds. The van der Waals surface area contributed by atoms with Crippen LogP contribution in [0, 0.1) is 5.92 Å². The molecule has 4 rings (SSSR count). The molecule has 2 heterocycles. The Bertz CT molecular complexity index is 1000. The summed E-state index contributed by atoms with van der Waals surface area (Å²) in [5, 5.41) is 0. The SMILES string of the molecule is O=C(C1CCN(S(=O)(=O)c2ccc(Br)cc2)CC1)N1CCc2cc(Br)ccc21. The van der Waals surface area contributed by atoms with E-state index >= 15 is 0 Å². The van der Waals surface area contributed by atoms with Gasteiger partial charge in [-0.3, -0.25) is 4.79 Å². The summed E-state index contributed by atoms with van der Waals surface area (Å²) in [4.78, 5) is 15.2. The number of rotatable bonds is 3. The number of benzene rings is 2. The van der Waals surface area contributed by atoms with E-state index in [1.807, 2.05) is 17.0 Å². The highest BCUT2D eigenvalue weighted by atomic mass is 79.9. The highest BCUT2D eigenvalue weighted by molar-refractivity contribution is 9.10. The Hall–Kier alpha value is -1.22. The van der Waals surface area contributed by atoms with Gasteiger partial charge in [0.05, 0.1) is 4.90 Å². The summed E-state index contributed by atoms with van der Waals surface area (Å²) in [6, 6.07) is 12.7. The van der Waals surface area contributed by atoms with Crippen LogP contribution in [0.3, 0.4) is 0 Å². The highest BCUT2D eigenvalue weighted by Gasteiger charge is 2.35. The summed E-state index contributed by atoms with van der Waals surface area (Å²) in [5.41, 5.74) is 2.16. The molecule has 28 heavy (non-hydrogen) atoms. The molecule has 2 aromatic rings. The second-order valence-electron chi connectivity index (χ2n) is 7.15. The Morgan fingerprint density at radius 3 is 2.25 bits per heavy atom. The molecular formula is C20H20Br2N2O3S. The number of hydrogen-bond acceptors (Lipinski definition) is 3. The molecule has 2 aliphatic rings. The molecule has 0 atom stereocenters. The number of halogens is 2. The molecule has 8 heteroatoms. The summed E-state index contributed by atoms with van der Waals surface area (Å²) in [5.74, 6) is -0.0206. The topological polar surface area (TPSA) is 57.7 Å². The minimum Gasteiger partial charge on any atom is -0.312 e. The van der Waals surface area contributed by atoms with Crippen molar-refractivity contribution < 1.29 is 13.2 Å². The third kappa shape index (κ3) is 3.79. The molecule has 2 aromatic carbocycles. The van der Waals surface area contributed by atoms with Gasteiger partial charge in [0.15, 0.2) is 0 Å². The van der Waals surface area contributed by atoms with E-state index in [2.05, 4.69) is 37.9 Å². The van der Waals surface area contributed by atoms with Crippen molar-refractivity contribution in [1.29, 1.82) is 0 Å². The van der Waals surface area contributed by atoms with Gasteiger partial charge in [-0.2, -0.15) is 4.31 Å². The maximum Gasteiger partial charge on any atom is 0.243 e. The first kappa shape index (κ1) is 20.1. The molecule has 5 nitrogen and oxygen atoms in total. The van der Waals surface area contributed by atoms with Gasteiger partial charge in [-0.1, -0.05) is 31.9 Å². The van der Waals surface area contributed by atoms with Gasteiger partial charge in [0.25, 0.3) is 0 Å². The molecule has 0 radical (unpaired) electrons. The van der Waals surface area contributed by atoms with Crippen molar-refractivity contribution in [2.24, 2.45) is 5.92 Å². The molecule has 0 bridgehead atoms. The van der Waals surface area contributed by atoms with Gasteiger partial charge < -0.3 is 4.90 Å². The molecular weight excluding hydrogens is 508 g/mol. The fourth-order valence-corrected chi connectivity index (χ4v) is 6.06. The number of nitrogens with zero attached hydrogens (tertiary/aromatic N) is 2. The van der Waals surface area contributed by atoms with Crippen LogP contribution >= 0.6 is 31.9 Å². The lowest BCUT2D eigenvalue weighted by molar-refractivity contribution is -0.123. The number of carbonyl (C=O) groups excluding carboxylic acids is 1. The Morgan fingerprint density at radius 2 is 1.57 bits per heavy atom. The lowest BCUT2D eigenvalue weighted by Crippen LogP contribution is -2.44. The predicted octanol–water partition coefficient (Wildman–Crippen LogP) is 4.20. The molecule has 0 aromatic heterocycles. The van der Waals surface area contributed by atoms with Gasteiger partial charge in [0, 0.05) is 40.2 Å². The summed E-state index contributed by atoms with van der Waals surface area (Å²) in [6.45, 7) is 1.44. The van der Waals surface area contributed by atoms with Crippen LogP contribution in [0.15, 0.2) is 56.3 Å². The molecule has 0 saturated carbocycles. The van der Waals surface area contributed by atoms with Crippen molar-refractivity contribution >= 4 is 53.5 Å². The lowest BCUT2D eigenvalue weighted by Gasteiger charge is -2.32. The van der Waals surface area contributed by atoms with Gasteiger partial charge in [0.2, 0.25) is 15.9 Å².